The minimum atomic E-state index is -0.833. The third-order valence-electron chi connectivity index (χ3n) is 0.706. The Morgan fingerprint density at radius 1 is 1.12 bits per heavy atom. The third-order valence-corrected chi connectivity index (χ3v) is 0.832. The van der Waals surface area contributed by atoms with Crippen molar-refractivity contribution in [3.05, 3.63) is 0 Å². The van der Waals surface area contributed by atoms with Gasteiger partial charge in [0.05, 0.1) is 13.2 Å². The van der Waals surface area contributed by atoms with Crippen LogP contribution in [0.25, 0.3) is 0 Å². The third kappa shape index (κ3) is 51.5. The van der Waals surface area contributed by atoms with Crippen molar-refractivity contribution in [2.75, 3.05) is 19.3 Å². The molecule has 0 bridgehead atoms. The second kappa shape index (κ2) is 16.5. The van der Waals surface area contributed by atoms with Gasteiger partial charge in [-0.05, 0) is 0 Å². The molecule has 16 heavy (non-hydrogen) atoms. The molecule has 0 spiro atoms. The molecule has 0 rings (SSSR count). The zero-order valence-corrected chi connectivity index (χ0v) is 9.85. The Balaban J connectivity index is -0.000000179. The number of hydrogen-bond donors (Lipinski definition) is 4. The zero-order chi connectivity index (χ0) is 13.6. The lowest BCUT2D eigenvalue weighted by atomic mass is 10.4. The highest BCUT2D eigenvalue weighted by Crippen LogP contribution is 1.89. The second-order valence-corrected chi connectivity index (χ2v) is 2.52. The number of aliphatic carboxylic acids is 2. The number of ether oxygens (including phenoxy) is 1. The fourth-order valence-electron chi connectivity index (χ4n) is 0.252. The Morgan fingerprint density at radius 2 is 1.38 bits per heavy atom. The predicted octanol–water partition coefficient (Wildman–Crippen LogP) is -0.266. The topological polar surface area (TPSA) is 124 Å². The van der Waals surface area contributed by atoms with E-state index in [9.17, 15) is 0 Å². The number of hydrogen-bond acceptors (Lipinski definition) is 5. The molecule has 0 amide bonds. The van der Waals surface area contributed by atoms with Gasteiger partial charge < -0.3 is 25.2 Å². The normalized spacial score (nSPS) is 8.38. The van der Waals surface area contributed by atoms with Crippen LogP contribution in [0.5, 0.6) is 0 Å². The van der Waals surface area contributed by atoms with Gasteiger partial charge in [-0.25, -0.2) is 0 Å². The van der Waals surface area contributed by atoms with Crippen molar-refractivity contribution in [3.8, 4) is 0 Å². The van der Waals surface area contributed by atoms with Gasteiger partial charge in [-0.15, -0.1) is 0 Å². The summed E-state index contributed by atoms with van der Waals surface area (Å²) < 4.78 is 4.61. The summed E-state index contributed by atoms with van der Waals surface area (Å²) in [4.78, 5) is 18.0. The van der Waals surface area contributed by atoms with Crippen LogP contribution in [0.15, 0.2) is 0 Å². The summed E-state index contributed by atoms with van der Waals surface area (Å²) in [7, 11) is 0. The number of alkyl halides is 1. The lowest BCUT2D eigenvalue weighted by Gasteiger charge is -2.07. The molecule has 0 aliphatic heterocycles. The van der Waals surface area contributed by atoms with Crippen LogP contribution in [-0.2, 0) is 14.3 Å². The number of halogens is 1. The van der Waals surface area contributed by atoms with Crippen LogP contribution in [-0.4, -0.2) is 57.7 Å². The lowest BCUT2D eigenvalue weighted by molar-refractivity contribution is -0.135. The molecule has 98 valence electrons. The first kappa shape index (κ1) is 20.5. The number of aliphatic hydroxyl groups excluding tert-OH is 2. The van der Waals surface area contributed by atoms with Gasteiger partial charge in [0.2, 0.25) is 0 Å². The molecule has 0 aliphatic carbocycles. The highest BCUT2D eigenvalue weighted by molar-refractivity contribution is 6.17. The van der Waals surface area contributed by atoms with Crippen molar-refractivity contribution < 1.29 is 34.8 Å². The second-order valence-electron chi connectivity index (χ2n) is 2.30. The molecule has 0 unspecified atom stereocenters. The molecule has 0 radical (unpaired) electrons. The maximum Gasteiger partial charge on any atom is 0.300 e. The molecule has 0 saturated carbocycles. The van der Waals surface area contributed by atoms with Crippen LogP contribution in [0.4, 0.5) is 0 Å². The predicted molar refractivity (Wildman–Crippen MR) is 56.4 cm³/mol. The van der Waals surface area contributed by atoms with Crippen molar-refractivity contribution in [3.63, 3.8) is 0 Å². The summed E-state index contributed by atoms with van der Waals surface area (Å²) in [6.07, 6.45) is -0.521. The Kier molecular flexibility index (Phi) is 21.2. The van der Waals surface area contributed by atoms with E-state index >= 15 is 0 Å². The summed E-state index contributed by atoms with van der Waals surface area (Å²) >= 11 is 5.11. The van der Waals surface area contributed by atoms with E-state index in [0.717, 1.165) is 13.8 Å². The van der Waals surface area contributed by atoms with Gasteiger partial charge in [0.25, 0.3) is 11.9 Å². The molecule has 0 aromatic carbocycles. The molecule has 0 aromatic heterocycles. The van der Waals surface area contributed by atoms with Crippen molar-refractivity contribution in [1.82, 2.24) is 0 Å². The van der Waals surface area contributed by atoms with E-state index in [4.69, 9.17) is 41.6 Å². The Bertz CT molecular complexity index is 150. The van der Waals surface area contributed by atoms with E-state index in [0.29, 0.717) is 0 Å². The van der Waals surface area contributed by atoms with E-state index < -0.39 is 18.0 Å². The number of carboxylic acid groups (broad SMARTS) is 2. The fourth-order valence-corrected chi connectivity index (χ4v) is 0.430. The van der Waals surface area contributed by atoms with Gasteiger partial charge in [0.1, 0.15) is 12.2 Å². The standard InChI is InChI=1S/C4H9ClO3.2C2H4O2/c5-3-8-4(1-6)2-7;2*1-2(3)4/h4,6-7H,1-3H2;2*1H3,(H,3,4). The summed E-state index contributed by atoms with van der Waals surface area (Å²) in [6.45, 7) is 1.78. The molecule has 8 heteroatoms. The lowest BCUT2D eigenvalue weighted by Crippen LogP contribution is -2.21. The monoisotopic (exact) mass is 260 g/mol. The van der Waals surface area contributed by atoms with Gasteiger partial charge in [0, 0.05) is 13.8 Å². The number of rotatable bonds is 4. The summed E-state index contributed by atoms with van der Waals surface area (Å²) in [5.41, 5.74) is 0. The molecular formula is C8H17ClO7. The van der Waals surface area contributed by atoms with Crippen LogP contribution < -0.4 is 0 Å². The Labute approximate surface area is 98.2 Å². The first-order valence-electron chi connectivity index (χ1n) is 4.10. The molecule has 0 fully saturated rings. The first-order chi connectivity index (χ1) is 7.31. The van der Waals surface area contributed by atoms with E-state index in [1.807, 2.05) is 0 Å². The molecule has 0 saturated heterocycles. The summed E-state index contributed by atoms with van der Waals surface area (Å²) in [6, 6.07) is 0.00574. The largest absolute Gasteiger partial charge is 0.481 e. The number of aliphatic hydroxyl groups is 2. The van der Waals surface area contributed by atoms with Gasteiger partial charge >= 0.3 is 0 Å². The van der Waals surface area contributed by atoms with Crippen LogP contribution in [0, 0.1) is 0 Å². The maximum atomic E-state index is 9.00. The molecule has 0 aromatic rings. The fraction of sp³-hybridized carbons (Fsp3) is 0.750. The van der Waals surface area contributed by atoms with Crippen molar-refractivity contribution >= 4 is 23.5 Å². The number of carboxylic acids is 2. The van der Waals surface area contributed by atoms with Gasteiger partial charge in [-0.1, -0.05) is 11.6 Å². The average Bonchev–Trinajstić information content (AvgIpc) is 2.12. The van der Waals surface area contributed by atoms with Crippen LogP contribution >= 0.6 is 11.6 Å². The Morgan fingerprint density at radius 3 is 1.44 bits per heavy atom. The van der Waals surface area contributed by atoms with E-state index in [1.54, 1.807) is 0 Å². The molecular weight excluding hydrogens is 244 g/mol. The highest BCUT2D eigenvalue weighted by atomic mass is 35.5. The van der Waals surface area contributed by atoms with Crippen molar-refractivity contribution in [2.45, 2.75) is 20.0 Å². The highest BCUT2D eigenvalue weighted by Gasteiger charge is 2.02. The number of carbonyl (C=O) groups is 2. The maximum absolute atomic E-state index is 9.00. The minimum Gasteiger partial charge on any atom is -0.481 e. The van der Waals surface area contributed by atoms with Crippen LogP contribution in [0.1, 0.15) is 13.8 Å². The minimum absolute atomic E-state index is 0.00574. The summed E-state index contributed by atoms with van der Waals surface area (Å²) in [5.74, 6) is -1.67. The van der Waals surface area contributed by atoms with E-state index in [1.165, 1.54) is 0 Å². The molecule has 7 nitrogen and oxygen atoms in total. The summed E-state index contributed by atoms with van der Waals surface area (Å²) in [5, 5.41) is 31.5. The van der Waals surface area contributed by atoms with E-state index in [2.05, 4.69) is 4.74 Å². The quantitative estimate of drug-likeness (QED) is 0.513. The molecule has 0 aliphatic rings. The molecule has 0 atom stereocenters. The SMILES string of the molecule is CC(=O)O.CC(=O)O.OCC(CO)OCCl. The average molecular weight is 261 g/mol. The van der Waals surface area contributed by atoms with Crippen LogP contribution in [0.3, 0.4) is 0 Å². The van der Waals surface area contributed by atoms with Gasteiger partial charge in [-0.2, -0.15) is 0 Å². The smallest absolute Gasteiger partial charge is 0.300 e. The van der Waals surface area contributed by atoms with Gasteiger partial charge in [0.15, 0.2) is 0 Å². The molecule has 0 heterocycles. The van der Waals surface area contributed by atoms with Gasteiger partial charge in [-0.3, -0.25) is 9.59 Å². The zero-order valence-electron chi connectivity index (χ0n) is 9.09. The van der Waals surface area contributed by atoms with Crippen LogP contribution in [0.2, 0.25) is 0 Å². The van der Waals surface area contributed by atoms with E-state index in [-0.39, 0.29) is 19.3 Å². The molecule has 4 N–H and O–H groups in total. The first-order valence-corrected chi connectivity index (χ1v) is 4.63. The van der Waals surface area contributed by atoms with Crippen molar-refractivity contribution in [1.29, 1.82) is 0 Å². The van der Waals surface area contributed by atoms with Crippen molar-refractivity contribution in [2.24, 2.45) is 0 Å². The Hall–Kier alpha value is -0.890.